The molecule has 0 bridgehead atoms. The van der Waals surface area contributed by atoms with Gasteiger partial charge >= 0.3 is 0 Å². The lowest BCUT2D eigenvalue weighted by Crippen LogP contribution is -2.37. The van der Waals surface area contributed by atoms with E-state index < -0.39 is 11.5 Å². The van der Waals surface area contributed by atoms with Gasteiger partial charge in [-0.1, -0.05) is 157 Å². The van der Waals surface area contributed by atoms with Crippen molar-refractivity contribution in [2.24, 2.45) is 0 Å². The predicted molar refractivity (Wildman–Crippen MR) is 165 cm³/mol. The summed E-state index contributed by atoms with van der Waals surface area (Å²) in [5, 5.41) is 12.8. The lowest BCUT2D eigenvalue weighted by atomic mass is 9.58. The first kappa shape index (κ1) is 24.6. The Morgan fingerprint density at radius 3 is 1.70 bits per heavy atom. The van der Waals surface area contributed by atoms with Gasteiger partial charge in [-0.3, -0.25) is 0 Å². The molecule has 0 radical (unpaired) electrons. The van der Waals surface area contributed by atoms with Crippen molar-refractivity contribution in [1.82, 2.24) is 0 Å². The van der Waals surface area contributed by atoms with Crippen molar-refractivity contribution >= 4 is 11.6 Å². The number of rotatable bonds is 4. The summed E-state index contributed by atoms with van der Waals surface area (Å²) in [6.07, 6.45) is -0.817. The van der Waals surface area contributed by atoms with E-state index in [1.54, 1.807) is 0 Å². The van der Waals surface area contributed by atoms with E-state index in [9.17, 15) is 5.11 Å². The van der Waals surface area contributed by atoms with Gasteiger partial charge in [0.2, 0.25) is 0 Å². The zero-order valence-corrected chi connectivity index (χ0v) is 22.6. The third kappa shape index (κ3) is 3.67. The van der Waals surface area contributed by atoms with Gasteiger partial charge in [-0.15, -0.1) is 0 Å². The van der Waals surface area contributed by atoms with Crippen LogP contribution in [0.25, 0.3) is 22.3 Å². The highest BCUT2D eigenvalue weighted by Gasteiger charge is 2.47. The van der Waals surface area contributed by atoms with E-state index >= 15 is 0 Å². The van der Waals surface area contributed by atoms with Gasteiger partial charge < -0.3 is 5.11 Å². The summed E-state index contributed by atoms with van der Waals surface area (Å²) >= 11 is 7.03. The highest BCUT2D eigenvalue weighted by atomic mass is 35.5. The van der Waals surface area contributed by atoms with E-state index in [0.717, 1.165) is 55.6 Å². The van der Waals surface area contributed by atoms with E-state index in [-0.39, 0.29) is 0 Å². The van der Waals surface area contributed by atoms with Crippen molar-refractivity contribution in [3.63, 3.8) is 0 Å². The van der Waals surface area contributed by atoms with Gasteiger partial charge in [-0.05, 0) is 56.1 Å². The van der Waals surface area contributed by atoms with Crippen LogP contribution in [0.1, 0.15) is 39.5 Å². The van der Waals surface area contributed by atoms with Crippen molar-refractivity contribution in [2.75, 3.05) is 0 Å². The fourth-order valence-corrected chi connectivity index (χ4v) is 6.88. The molecule has 1 atom stereocenters. The number of halogens is 1. The molecule has 0 saturated heterocycles. The smallest absolute Gasteiger partial charge is 0.105 e. The summed E-state index contributed by atoms with van der Waals surface area (Å²) in [6, 6.07) is 52.3. The third-order valence-corrected chi connectivity index (χ3v) is 8.54. The molecule has 0 aliphatic heterocycles. The Morgan fingerprint density at radius 2 is 1.02 bits per heavy atom. The quantitative estimate of drug-likeness (QED) is 0.239. The largest absolute Gasteiger partial charge is 0.384 e. The standard InChI is InChI=1S/C38H27ClO/c39-34-25-13-21-29(26-14-4-1-5-15-26)35(34)31-22-12-24-33-36(31)37(40)30-20-10-11-23-32(30)38(33,27-16-6-2-7-17-27)28-18-8-3-9-19-28/h1-25,37,40H. The lowest BCUT2D eigenvalue weighted by molar-refractivity contribution is 0.212. The Balaban J connectivity index is 1.63. The normalized spacial score (nSPS) is 15.2. The van der Waals surface area contributed by atoms with Crippen LogP contribution in [0.3, 0.4) is 0 Å². The molecule has 0 heterocycles. The summed E-state index contributed by atoms with van der Waals surface area (Å²) in [5.74, 6) is 0. The zero-order chi connectivity index (χ0) is 27.1. The van der Waals surface area contributed by atoms with Crippen molar-refractivity contribution in [2.45, 2.75) is 11.5 Å². The predicted octanol–water partition coefficient (Wildman–Crippen LogP) is 9.45. The fourth-order valence-electron chi connectivity index (χ4n) is 6.60. The van der Waals surface area contributed by atoms with Crippen LogP contribution in [-0.4, -0.2) is 5.11 Å². The summed E-state index contributed by atoms with van der Waals surface area (Å²) in [7, 11) is 0. The number of hydrogen-bond acceptors (Lipinski definition) is 1. The van der Waals surface area contributed by atoms with E-state index in [1.165, 1.54) is 0 Å². The summed E-state index contributed by atoms with van der Waals surface area (Å²) < 4.78 is 0. The molecule has 0 aromatic heterocycles. The SMILES string of the molecule is OC1c2ccccc2C(c2ccccc2)(c2ccccc2)c2cccc(-c3c(Cl)cccc3-c3ccccc3)c21. The van der Waals surface area contributed by atoms with Gasteiger partial charge in [0, 0.05) is 10.6 Å². The average molecular weight is 535 g/mol. The molecule has 0 saturated carbocycles. The van der Waals surface area contributed by atoms with E-state index in [2.05, 4.69) is 115 Å². The van der Waals surface area contributed by atoms with Crippen LogP contribution in [0.5, 0.6) is 0 Å². The molecule has 7 rings (SSSR count). The van der Waals surface area contributed by atoms with Crippen LogP contribution in [0, 0.1) is 0 Å². The second-order valence-corrected chi connectivity index (χ2v) is 10.7. The average Bonchev–Trinajstić information content (AvgIpc) is 3.02. The van der Waals surface area contributed by atoms with Crippen molar-refractivity contribution < 1.29 is 5.11 Å². The van der Waals surface area contributed by atoms with E-state index in [1.807, 2.05) is 36.4 Å². The topological polar surface area (TPSA) is 20.2 Å². The Hall–Kier alpha value is -4.43. The molecule has 1 N–H and O–H groups in total. The minimum atomic E-state index is -0.817. The number of hydrogen-bond donors (Lipinski definition) is 1. The summed E-state index contributed by atoms with van der Waals surface area (Å²) in [6.45, 7) is 0. The van der Waals surface area contributed by atoms with Gasteiger partial charge in [0.1, 0.15) is 6.10 Å². The molecule has 6 aromatic rings. The number of aliphatic hydroxyl groups is 1. The van der Waals surface area contributed by atoms with Crippen LogP contribution in [-0.2, 0) is 5.41 Å². The second kappa shape index (κ2) is 9.95. The maximum absolute atomic E-state index is 12.2. The van der Waals surface area contributed by atoms with Gasteiger partial charge in [0.05, 0.1) is 5.41 Å². The first-order valence-electron chi connectivity index (χ1n) is 13.6. The lowest BCUT2D eigenvalue weighted by Gasteiger charge is -2.44. The first-order chi connectivity index (χ1) is 19.7. The van der Waals surface area contributed by atoms with Crippen molar-refractivity contribution in [3.8, 4) is 22.3 Å². The van der Waals surface area contributed by atoms with Crippen LogP contribution in [0.15, 0.2) is 152 Å². The van der Waals surface area contributed by atoms with Gasteiger partial charge in [0.25, 0.3) is 0 Å². The molecule has 0 spiro atoms. The number of fused-ring (bicyclic) bond motifs is 2. The Morgan fingerprint density at radius 1 is 0.500 bits per heavy atom. The summed E-state index contributed by atoms with van der Waals surface area (Å²) in [4.78, 5) is 0. The first-order valence-corrected chi connectivity index (χ1v) is 13.9. The van der Waals surface area contributed by atoms with Crippen LogP contribution in [0.4, 0.5) is 0 Å². The number of aliphatic hydroxyl groups excluding tert-OH is 1. The van der Waals surface area contributed by atoms with Gasteiger partial charge in [0.15, 0.2) is 0 Å². The molecule has 1 nitrogen and oxygen atoms in total. The molecule has 1 aliphatic carbocycles. The maximum atomic E-state index is 12.2. The van der Waals surface area contributed by atoms with Crippen LogP contribution in [0.2, 0.25) is 5.02 Å². The second-order valence-electron chi connectivity index (χ2n) is 10.3. The van der Waals surface area contributed by atoms with Gasteiger partial charge in [-0.2, -0.15) is 0 Å². The number of benzene rings is 6. The Kier molecular flexibility index (Phi) is 6.12. The van der Waals surface area contributed by atoms with Crippen LogP contribution >= 0.6 is 11.6 Å². The monoisotopic (exact) mass is 534 g/mol. The van der Waals surface area contributed by atoms with Crippen molar-refractivity contribution in [3.05, 3.63) is 190 Å². The third-order valence-electron chi connectivity index (χ3n) is 8.22. The molecular weight excluding hydrogens is 508 g/mol. The van der Waals surface area contributed by atoms with E-state index in [0.29, 0.717) is 5.02 Å². The molecule has 40 heavy (non-hydrogen) atoms. The minimum Gasteiger partial charge on any atom is -0.384 e. The maximum Gasteiger partial charge on any atom is 0.105 e. The molecule has 0 fully saturated rings. The molecule has 192 valence electrons. The summed E-state index contributed by atoms with van der Waals surface area (Å²) in [5.41, 5.74) is 9.63. The minimum absolute atomic E-state index is 0.627. The molecule has 2 heteroatoms. The van der Waals surface area contributed by atoms with E-state index in [4.69, 9.17) is 11.6 Å². The molecule has 6 aromatic carbocycles. The highest BCUT2D eigenvalue weighted by Crippen LogP contribution is 2.56. The Labute approximate surface area is 240 Å². The molecule has 1 aliphatic rings. The highest BCUT2D eigenvalue weighted by molar-refractivity contribution is 6.34. The van der Waals surface area contributed by atoms with Gasteiger partial charge in [-0.25, -0.2) is 0 Å². The van der Waals surface area contributed by atoms with Crippen LogP contribution < -0.4 is 0 Å². The Bertz CT molecular complexity index is 1770. The van der Waals surface area contributed by atoms with Crippen molar-refractivity contribution in [1.29, 1.82) is 0 Å². The molecule has 0 amide bonds. The zero-order valence-electron chi connectivity index (χ0n) is 21.8. The molecular formula is C38H27ClO. The fraction of sp³-hybridized carbons (Fsp3) is 0.0526. The molecule has 1 unspecified atom stereocenters.